The zero-order valence-corrected chi connectivity index (χ0v) is 14.2. The number of halogens is 3. The number of hydrogen-bond acceptors (Lipinski definition) is 3. The smallest absolute Gasteiger partial charge is 0.237 e. The third kappa shape index (κ3) is 3.09. The van der Waals surface area contributed by atoms with E-state index >= 15 is 0 Å². The fourth-order valence-electron chi connectivity index (χ4n) is 2.96. The molecule has 0 saturated carbocycles. The third-order valence-corrected chi connectivity index (χ3v) is 4.74. The van der Waals surface area contributed by atoms with Gasteiger partial charge in [-0.15, -0.1) is 0 Å². The predicted molar refractivity (Wildman–Crippen MR) is 87.1 cm³/mol. The first kappa shape index (κ1) is 17.3. The second-order valence-electron chi connectivity index (χ2n) is 5.93. The van der Waals surface area contributed by atoms with Crippen LogP contribution in [0.1, 0.15) is 11.5 Å². The van der Waals surface area contributed by atoms with E-state index in [1.54, 1.807) is 14.1 Å². The molecule has 0 radical (unpaired) electrons. The zero-order valence-electron chi connectivity index (χ0n) is 13.5. The number of nitrogens with one attached hydrogen (secondary N) is 1. The molecule has 9 heteroatoms. The highest BCUT2D eigenvalue weighted by Crippen LogP contribution is 2.37. The number of likely N-dealkylation sites (N-methyl/N-ethyl adjacent to an activating group) is 1. The molecule has 1 aromatic heterocycles. The number of rotatable bonds is 3. The summed E-state index contributed by atoms with van der Waals surface area (Å²) in [5.41, 5.74) is 0.381. The molecule has 2 heterocycles. The van der Waals surface area contributed by atoms with E-state index in [9.17, 15) is 18.4 Å². The Morgan fingerprint density at radius 1 is 1.36 bits per heavy atom. The highest BCUT2D eigenvalue weighted by molar-refractivity contribution is 6.30. The van der Waals surface area contributed by atoms with Crippen molar-refractivity contribution < 1.29 is 18.4 Å². The van der Waals surface area contributed by atoms with E-state index in [2.05, 4.69) is 10.4 Å². The van der Waals surface area contributed by atoms with Crippen LogP contribution in [0.15, 0.2) is 24.4 Å². The SMILES string of the molecule is CN1C[C@H](c2cnn(C)c2Cl)[C@@H](C(=O)Nc2ccc(F)cc2F)C1=O. The molecule has 25 heavy (non-hydrogen) atoms. The van der Waals surface area contributed by atoms with Crippen molar-refractivity contribution in [2.24, 2.45) is 13.0 Å². The summed E-state index contributed by atoms with van der Waals surface area (Å²) in [5, 5.41) is 6.72. The number of carbonyl (C=O) groups excluding carboxylic acids is 2. The van der Waals surface area contributed by atoms with Crippen molar-refractivity contribution in [2.75, 3.05) is 18.9 Å². The monoisotopic (exact) mass is 368 g/mol. The zero-order chi connectivity index (χ0) is 18.3. The number of anilines is 1. The standard InChI is InChI=1S/C16H15ClF2N4O2/c1-22-7-10(9-6-20-23(2)14(9)17)13(16(22)25)15(24)21-12-4-3-8(18)5-11(12)19/h3-6,10,13H,7H2,1-2H3,(H,21,24)/t10-,13+/m1/s1. The van der Waals surface area contributed by atoms with Gasteiger partial charge in [-0.05, 0) is 12.1 Å². The summed E-state index contributed by atoms with van der Waals surface area (Å²) in [7, 11) is 3.22. The van der Waals surface area contributed by atoms with Crippen LogP contribution in [0.2, 0.25) is 5.15 Å². The van der Waals surface area contributed by atoms with Crippen molar-refractivity contribution in [3.8, 4) is 0 Å². The Bertz CT molecular complexity index is 855. The summed E-state index contributed by atoms with van der Waals surface area (Å²) in [6, 6.07) is 2.79. The minimum atomic E-state index is -1.07. The molecule has 2 aromatic rings. The summed E-state index contributed by atoms with van der Waals surface area (Å²) < 4.78 is 28.2. The molecule has 1 N–H and O–H groups in total. The molecule has 0 spiro atoms. The van der Waals surface area contributed by atoms with Gasteiger partial charge in [0.1, 0.15) is 22.7 Å². The van der Waals surface area contributed by atoms with Gasteiger partial charge in [-0.25, -0.2) is 8.78 Å². The van der Waals surface area contributed by atoms with Crippen molar-refractivity contribution in [2.45, 2.75) is 5.92 Å². The average Bonchev–Trinajstić information content (AvgIpc) is 3.03. The van der Waals surface area contributed by atoms with Crippen molar-refractivity contribution in [1.82, 2.24) is 14.7 Å². The van der Waals surface area contributed by atoms with Gasteiger partial charge < -0.3 is 10.2 Å². The van der Waals surface area contributed by atoms with Crippen molar-refractivity contribution in [3.63, 3.8) is 0 Å². The van der Waals surface area contributed by atoms with Gasteiger partial charge in [0.15, 0.2) is 0 Å². The lowest BCUT2D eigenvalue weighted by Gasteiger charge is -2.16. The van der Waals surface area contributed by atoms with Gasteiger partial charge in [-0.3, -0.25) is 14.3 Å². The highest BCUT2D eigenvalue weighted by Gasteiger charge is 2.45. The third-order valence-electron chi connectivity index (χ3n) is 4.28. The second kappa shape index (κ2) is 6.44. The summed E-state index contributed by atoms with van der Waals surface area (Å²) >= 11 is 6.19. The Hall–Kier alpha value is -2.48. The molecule has 0 unspecified atom stereocenters. The molecule has 1 aliphatic heterocycles. The first-order valence-electron chi connectivity index (χ1n) is 7.48. The van der Waals surface area contributed by atoms with Crippen LogP contribution in [0.4, 0.5) is 14.5 Å². The number of amides is 2. The lowest BCUT2D eigenvalue weighted by Crippen LogP contribution is -2.33. The molecule has 1 saturated heterocycles. The van der Waals surface area contributed by atoms with E-state index in [1.807, 2.05) is 0 Å². The number of aromatic nitrogens is 2. The topological polar surface area (TPSA) is 67.2 Å². The lowest BCUT2D eigenvalue weighted by molar-refractivity contribution is -0.135. The van der Waals surface area contributed by atoms with E-state index < -0.39 is 35.3 Å². The lowest BCUT2D eigenvalue weighted by atomic mass is 9.89. The summed E-state index contributed by atoms with van der Waals surface area (Å²) in [5.74, 6) is -4.33. The normalized spacial score (nSPS) is 20.2. The van der Waals surface area contributed by atoms with E-state index in [1.165, 1.54) is 15.8 Å². The second-order valence-corrected chi connectivity index (χ2v) is 6.29. The minimum Gasteiger partial charge on any atom is -0.344 e. The molecule has 2 atom stereocenters. The highest BCUT2D eigenvalue weighted by atomic mass is 35.5. The van der Waals surface area contributed by atoms with Crippen LogP contribution in [0.25, 0.3) is 0 Å². The van der Waals surface area contributed by atoms with Crippen molar-refractivity contribution >= 4 is 29.1 Å². The predicted octanol–water partition coefficient (Wildman–Crippen LogP) is 2.16. The first-order chi connectivity index (χ1) is 11.8. The maximum Gasteiger partial charge on any atom is 0.237 e. The summed E-state index contributed by atoms with van der Waals surface area (Å²) in [4.78, 5) is 26.5. The Morgan fingerprint density at radius 2 is 2.08 bits per heavy atom. The molecule has 3 rings (SSSR count). The molecule has 1 aromatic carbocycles. The Labute approximate surface area is 147 Å². The van der Waals surface area contributed by atoms with Gasteiger partial charge >= 0.3 is 0 Å². The van der Waals surface area contributed by atoms with Gasteiger partial charge in [0, 0.05) is 38.2 Å². The van der Waals surface area contributed by atoms with Crippen LogP contribution in [0.5, 0.6) is 0 Å². The maximum atomic E-state index is 13.8. The molecule has 1 aliphatic rings. The van der Waals surface area contributed by atoms with Crippen LogP contribution in [0, 0.1) is 17.6 Å². The number of benzene rings is 1. The number of likely N-dealkylation sites (tertiary alicyclic amines) is 1. The van der Waals surface area contributed by atoms with Crippen LogP contribution in [-0.2, 0) is 16.6 Å². The molecule has 0 aliphatic carbocycles. The quantitative estimate of drug-likeness (QED) is 0.844. The van der Waals surface area contributed by atoms with Gasteiger partial charge in [0.2, 0.25) is 11.8 Å². The van der Waals surface area contributed by atoms with Gasteiger partial charge in [0.25, 0.3) is 0 Å². The minimum absolute atomic E-state index is 0.190. The van der Waals surface area contributed by atoms with Crippen LogP contribution in [0.3, 0.4) is 0 Å². The first-order valence-corrected chi connectivity index (χ1v) is 7.85. The summed E-state index contributed by atoms with van der Waals surface area (Å²) in [6.45, 7) is 0.286. The van der Waals surface area contributed by atoms with E-state index in [0.29, 0.717) is 16.8 Å². The molecule has 2 amide bonds. The molecule has 1 fully saturated rings. The van der Waals surface area contributed by atoms with Crippen molar-refractivity contribution in [3.05, 3.63) is 46.7 Å². The molecule has 132 valence electrons. The average molecular weight is 369 g/mol. The van der Waals surface area contributed by atoms with Crippen molar-refractivity contribution in [1.29, 1.82) is 0 Å². The Balaban J connectivity index is 1.90. The Morgan fingerprint density at radius 3 is 2.68 bits per heavy atom. The fourth-order valence-corrected chi connectivity index (χ4v) is 3.19. The van der Waals surface area contributed by atoms with Crippen LogP contribution in [-0.4, -0.2) is 40.1 Å². The fraction of sp³-hybridized carbons (Fsp3) is 0.312. The molecule has 0 bridgehead atoms. The number of aryl methyl sites for hydroxylation is 1. The number of carbonyl (C=O) groups is 2. The van der Waals surface area contributed by atoms with Gasteiger partial charge in [0.05, 0.1) is 11.9 Å². The largest absolute Gasteiger partial charge is 0.344 e. The van der Waals surface area contributed by atoms with E-state index in [0.717, 1.165) is 12.1 Å². The number of nitrogens with zero attached hydrogens (tertiary/aromatic N) is 3. The van der Waals surface area contributed by atoms with E-state index in [-0.39, 0.29) is 12.2 Å². The van der Waals surface area contributed by atoms with E-state index in [4.69, 9.17) is 11.6 Å². The number of hydrogen-bond donors (Lipinski definition) is 1. The maximum absolute atomic E-state index is 13.8. The van der Waals surface area contributed by atoms with Crippen LogP contribution < -0.4 is 5.32 Å². The van der Waals surface area contributed by atoms with Gasteiger partial charge in [-0.2, -0.15) is 5.10 Å². The van der Waals surface area contributed by atoms with Crippen LogP contribution >= 0.6 is 11.6 Å². The Kier molecular flexibility index (Phi) is 4.47. The summed E-state index contributed by atoms with van der Waals surface area (Å²) in [6.07, 6.45) is 1.51. The molecular weight excluding hydrogens is 354 g/mol. The van der Waals surface area contributed by atoms with Gasteiger partial charge in [-0.1, -0.05) is 11.6 Å². The molecule has 6 nitrogen and oxygen atoms in total. The molecular formula is C16H15ClF2N4O2.